The Bertz CT molecular complexity index is 1240. The second kappa shape index (κ2) is 10.3. The summed E-state index contributed by atoms with van der Waals surface area (Å²) < 4.78 is 10.1. The molecule has 2 aromatic carbocycles. The minimum atomic E-state index is -0.521. The number of aromatic nitrogens is 3. The number of carbonyl (C=O) groups is 2. The molecule has 8 nitrogen and oxygen atoms in total. The van der Waals surface area contributed by atoms with Gasteiger partial charge in [-0.15, -0.1) is 5.10 Å². The fourth-order valence-electron chi connectivity index (χ4n) is 3.33. The largest absolute Gasteiger partial charge is 0.502 e. The molecule has 3 aromatic rings. The number of hydrogen-bond donors (Lipinski definition) is 2. The van der Waals surface area contributed by atoms with Crippen LogP contribution in [0.1, 0.15) is 45.2 Å². The predicted molar refractivity (Wildman–Crippen MR) is 128 cm³/mol. The second-order valence-electron chi connectivity index (χ2n) is 9.08. The van der Waals surface area contributed by atoms with E-state index >= 15 is 0 Å². The molecule has 0 bridgehead atoms. The highest BCUT2D eigenvalue weighted by Gasteiger charge is 2.28. The molecule has 1 heterocycles. The number of hydrogen-bond acceptors (Lipinski definition) is 6. The molecule has 0 aliphatic carbocycles. The molecular weight excluding hydrogens is 458 g/mol. The molecule has 180 valence electrons. The van der Waals surface area contributed by atoms with Crippen molar-refractivity contribution in [2.45, 2.75) is 46.0 Å². The molecule has 3 rings (SSSR count). The number of phenolic OH excluding ortho intramolecular Hbond substituents is 1. The van der Waals surface area contributed by atoms with Crippen molar-refractivity contribution in [1.82, 2.24) is 10.2 Å². The fraction of sp³-hybridized carbons (Fsp3) is 0.360. The molecule has 0 unspecified atom stereocenters. The van der Waals surface area contributed by atoms with Gasteiger partial charge in [-0.2, -0.15) is 0 Å². The van der Waals surface area contributed by atoms with Crippen molar-refractivity contribution in [3.8, 4) is 11.4 Å². The van der Waals surface area contributed by atoms with Crippen molar-refractivity contribution in [2.75, 3.05) is 13.2 Å². The molecule has 2 N–H and O–H groups in total. The maximum Gasteiger partial charge on any atom is 0.333 e. The number of aryl methyl sites for hydroxylation is 1. The van der Waals surface area contributed by atoms with Crippen LogP contribution in [0.5, 0.6) is 5.75 Å². The third kappa shape index (κ3) is 6.14. The summed E-state index contributed by atoms with van der Waals surface area (Å²) in [5.41, 5.74) is 3.40. The van der Waals surface area contributed by atoms with Gasteiger partial charge in [0, 0.05) is 38.5 Å². The van der Waals surface area contributed by atoms with Gasteiger partial charge in [0.15, 0.2) is 11.3 Å². The molecule has 0 saturated heterocycles. The smallest absolute Gasteiger partial charge is 0.333 e. The number of aromatic hydroxyl groups is 1. The van der Waals surface area contributed by atoms with E-state index in [2.05, 4.69) is 16.8 Å². The quantitative estimate of drug-likeness (QED) is 0.215. The van der Waals surface area contributed by atoms with Gasteiger partial charge in [-0.1, -0.05) is 45.0 Å². The number of aromatic amines is 1. The van der Waals surface area contributed by atoms with Crippen LogP contribution >= 0.6 is 11.6 Å². The van der Waals surface area contributed by atoms with Crippen LogP contribution in [0.25, 0.3) is 16.7 Å². The number of rotatable bonds is 8. The predicted octanol–water partition coefficient (Wildman–Crippen LogP) is 4.09. The number of phenols is 1. The van der Waals surface area contributed by atoms with Crippen molar-refractivity contribution < 1.29 is 29.0 Å². The van der Waals surface area contributed by atoms with Gasteiger partial charge in [-0.3, -0.25) is 4.79 Å². The van der Waals surface area contributed by atoms with Crippen molar-refractivity contribution in [3.63, 3.8) is 0 Å². The molecule has 0 aliphatic heterocycles. The van der Waals surface area contributed by atoms with Crippen molar-refractivity contribution >= 4 is 34.6 Å². The lowest BCUT2D eigenvalue weighted by Crippen LogP contribution is -2.36. The van der Waals surface area contributed by atoms with E-state index in [1.54, 1.807) is 31.2 Å². The van der Waals surface area contributed by atoms with E-state index in [-0.39, 0.29) is 36.4 Å². The number of carbonyl (C=O) groups excluding carboxylic acids is 2. The number of H-pyrrole nitrogens is 1. The summed E-state index contributed by atoms with van der Waals surface area (Å²) in [7, 11) is 0. The number of ether oxygens (including phenoxy) is 2. The van der Waals surface area contributed by atoms with Crippen molar-refractivity contribution in [1.29, 1.82) is 0 Å². The maximum atomic E-state index is 12.2. The van der Waals surface area contributed by atoms with Crippen LogP contribution in [0.3, 0.4) is 0 Å². The molecular formula is C25H29ClN3O5+. The lowest BCUT2D eigenvalue weighted by atomic mass is 9.84. The van der Waals surface area contributed by atoms with Crippen LogP contribution in [0.15, 0.2) is 42.5 Å². The lowest BCUT2D eigenvalue weighted by molar-refractivity contribution is -0.711. The monoisotopic (exact) mass is 486 g/mol. The summed E-state index contributed by atoms with van der Waals surface area (Å²) in [6.45, 7) is 11.0. The minimum Gasteiger partial charge on any atom is -0.502 e. The van der Waals surface area contributed by atoms with Gasteiger partial charge in [0.25, 0.3) is 0 Å². The van der Waals surface area contributed by atoms with E-state index < -0.39 is 11.9 Å². The zero-order valence-electron chi connectivity index (χ0n) is 19.8. The van der Waals surface area contributed by atoms with Crippen LogP contribution in [0.2, 0.25) is 5.02 Å². The topological polar surface area (TPSA) is 105 Å². The van der Waals surface area contributed by atoms with Crippen LogP contribution < -0.4 is 4.80 Å². The van der Waals surface area contributed by atoms with Gasteiger partial charge in [-0.25, -0.2) is 4.79 Å². The molecule has 34 heavy (non-hydrogen) atoms. The second-order valence-corrected chi connectivity index (χ2v) is 9.52. The van der Waals surface area contributed by atoms with Crippen molar-refractivity contribution in [3.05, 3.63) is 58.6 Å². The molecule has 1 aromatic heterocycles. The third-order valence-corrected chi connectivity index (χ3v) is 5.36. The first-order valence-corrected chi connectivity index (χ1v) is 11.3. The van der Waals surface area contributed by atoms with Gasteiger partial charge in [-0.05, 0) is 42.5 Å². The summed E-state index contributed by atoms with van der Waals surface area (Å²) in [6.07, 6.45) is 0.524. The highest BCUT2D eigenvalue weighted by Crippen LogP contribution is 2.35. The SMILES string of the molecule is C=C(C)C(=O)OCCOC(=O)CCc1cc(-[n+]2nc3ccc(Cl)cc3[nH]2)c(O)c(C(C)(C)C)c1. The van der Waals surface area contributed by atoms with E-state index in [9.17, 15) is 14.7 Å². The Balaban J connectivity index is 1.78. The number of benzene rings is 2. The van der Waals surface area contributed by atoms with Crippen molar-refractivity contribution in [2.24, 2.45) is 0 Å². The number of halogens is 1. The summed E-state index contributed by atoms with van der Waals surface area (Å²) in [6, 6.07) is 8.98. The number of nitrogens with zero attached hydrogens (tertiary/aromatic N) is 2. The Kier molecular flexibility index (Phi) is 7.61. The van der Waals surface area contributed by atoms with Gasteiger partial charge in [0.2, 0.25) is 0 Å². The van der Waals surface area contributed by atoms with Gasteiger partial charge >= 0.3 is 17.6 Å². The average Bonchev–Trinajstić information content (AvgIpc) is 3.17. The van der Waals surface area contributed by atoms with Gasteiger partial charge in [0.1, 0.15) is 18.7 Å². The first-order valence-electron chi connectivity index (χ1n) is 10.9. The highest BCUT2D eigenvalue weighted by atomic mass is 35.5. The zero-order valence-corrected chi connectivity index (χ0v) is 20.5. The lowest BCUT2D eigenvalue weighted by Gasteiger charge is -2.21. The molecule has 0 spiro atoms. The van der Waals surface area contributed by atoms with E-state index in [1.165, 1.54) is 4.80 Å². The minimum absolute atomic E-state index is 0.0245. The molecule has 0 amide bonds. The third-order valence-electron chi connectivity index (χ3n) is 5.12. The molecule has 0 aliphatic rings. The summed E-state index contributed by atoms with van der Waals surface area (Å²) in [4.78, 5) is 25.0. The Labute approximate surface area is 203 Å². The number of esters is 2. The normalized spacial score (nSPS) is 11.4. The zero-order chi connectivity index (χ0) is 25.0. The van der Waals surface area contributed by atoms with E-state index in [0.29, 0.717) is 22.6 Å². The fourth-order valence-corrected chi connectivity index (χ4v) is 3.50. The highest BCUT2D eigenvalue weighted by molar-refractivity contribution is 6.31. The Hall–Kier alpha value is -3.39. The van der Waals surface area contributed by atoms with Crippen LogP contribution in [0.4, 0.5) is 0 Å². The van der Waals surface area contributed by atoms with Gasteiger partial charge < -0.3 is 14.6 Å². The van der Waals surface area contributed by atoms with E-state index in [4.69, 9.17) is 21.1 Å². The van der Waals surface area contributed by atoms with Crippen LogP contribution in [-0.2, 0) is 30.9 Å². The first-order chi connectivity index (χ1) is 16.0. The molecule has 0 radical (unpaired) electrons. The molecule has 0 atom stereocenters. The Morgan fingerprint density at radius 3 is 2.56 bits per heavy atom. The summed E-state index contributed by atoms with van der Waals surface area (Å²) >= 11 is 6.08. The summed E-state index contributed by atoms with van der Waals surface area (Å²) in [5, 5.41) is 19.3. The van der Waals surface area contributed by atoms with E-state index in [0.717, 1.165) is 16.6 Å². The Morgan fingerprint density at radius 1 is 1.18 bits per heavy atom. The molecule has 9 heteroatoms. The van der Waals surface area contributed by atoms with Crippen LogP contribution in [-0.4, -0.2) is 40.5 Å². The average molecular weight is 487 g/mol. The standard InChI is InChI=1S/C25H28ClN3O5/c1-15(2)24(32)34-11-10-33-22(30)9-6-16-12-18(25(3,4)5)23(31)21(13-16)29-27-19-8-7-17(26)14-20(19)28-29/h7-8,12-14,31H,1,6,9-11H2,2-5H3/p+1. The Morgan fingerprint density at radius 2 is 1.88 bits per heavy atom. The first kappa shape index (κ1) is 25.2. The van der Waals surface area contributed by atoms with E-state index in [1.807, 2.05) is 26.8 Å². The van der Waals surface area contributed by atoms with Gasteiger partial charge in [0.05, 0.1) is 0 Å². The molecule has 0 fully saturated rings. The molecule has 0 saturated carbocycles. The van der Waals surface area contributed by atoms with Crippen LogP contribution in [0, 0.1) is 0 Å². The maximum absolute atomic E-state index is 12.2. The number of nitrogens with one attached hydrogen (secondary N) is 1. The number of fused-ring (bicyclic) bond motifs is 1. The summed E-state index contributed by atoms with van der Waals surface area (Å²) in [5.74, 6) is -0.828.